The molecule has 0 aliphatic heterocycles. The van der Waals surface area contributed by atoms with Crippen molar-refractivity contribution in [1.29, 1.82) is 0 Å². The van der Waals surface area contributed by atoms with Crippen molar-refractivity contribution in [3.8, 4) is 11.5 Å². The number of benzene rings is 2. The summed E-state index contributed by atoms with van der Waals surface area (Å²) >= 11 is 5.95. The van der Waals surface area contributed by atoms with E-state index in [4.69, 9.17) is 25.8 Å². The molecule has 0 amide bonds. The minimum atomic E-state index is -0.510. The van der Waals surface area contributed by atoms with Crippen molar-refractivity contribution in [2.45, 2.75) is 0 Å². The van der Waals surface area contributed by atoms with Gasteiger partial charge in [-0.25, -0.2) is 4.79 Å². The van der Waals surface area contributed by atoms with Crippen LogP contribution in [0.1, 0.15) is 5.56 Å². The molecule has 22 heavy (non-hydrogen) atoms. The van der Waals surface area contributed by atoms with E-state index in [1.807, 2.05) is 6.07 Å². The number of rotatable bonds is 5. The van der Waals surface area contributed by atoms with Crippen LogP contribution < -0.4 is 4.74 Å². The molecule has 0 aliphatic carbocycles. The SMILES string of the molecule is COC=C(C(=O)OC)c1ccccc1Oc1cccc(Cl)c1. The van der Waals surface area contributed by atoms with Crippen molar-refractivity contribution in [2.24, 2.45) is 0 Å². The highest BCUT2D eigenvalue weighted by Gasteiger charge is 2.18. The second-order valence-electron chi connectivity index (χ2n) is 4.31. The molecule has 0 saturated carbocycles. The number of carbonyl (C=O) groups excluding carboxylic acids is 1. The molecule has 0 saturated heterocycles. The number of methoxy groups -OCH3 is 2. The molecule has 114 valence electrons. The predicted molar refractivity (Wildman–Crippen MR) is 85.0 cm³/mol. The molecule has 2 aromatic carbocycles. The van der Waals surface area contributed by atoms with Gasteiger partial charge in [0.25, 0.3) is 0 Å². The smallest absolute Gasteiger partial charge is 0.341 e. The minimum absolute atomic E-state index is 0.266. The fourth-order valence-corrected chi connectivity index (χ4v) is 2.07. The van der Waals surface area contributed by atoms with Gasteiger partial charge in [0.15, 0.2) is 0 Å². The summed E-state index contributed by atoms with van der Waals surface area (Å²) in [7, 11) is 2.77. The van der Waals surface area contributed by atoms with Crippen molar-refractivity contribution in [3.05, 3.63) is 65.4 Å². The summed E-state index contributed by atoms with van der Waals surface area (Å²) in [4.78, 5) is 11.9. The first-order valence-corrected chi connectivity index (χ1v) is 6.87. The molecule has 0 fully saturated rings. The van der Waals surface area contributed by atoms with E-state index in [0.29, 0.717) is 22.1 Å². The Hall–Kier alpha value is -2.46. The fourth-order valence-electron chi connectivity index (χ4n) is 1.88. The molecule has 0 unspecified atom stereocenters. The zero-order chi connectivity index (χ0) is 15.9. The maximum atomic E-state index is 11.9. The van der Waals surface area contributed by atoms with Crippen LogP contribution in [0.15, 0.2) is 54.8 Å². The van der Waals surface area contributed by atoms with Gasteiger partial charge in [-0.15, -0.1) is 0 Å². The Kier molecular flexibility index (Phi) is 5.44. The summed E-state index contributed by atoms with van der Waals surface area (Å²) in [6, 6.07) is 14.1. The minimum Gasteiger partial charge on any atom is -0.503 e. The van der Waals surface area contributed by atoms with Gasteiger partial charge < -0.3 is 14.2 Å². The molecule has 0 spiro atoms. The van der Waals surface area contributed by atoms with Crippen LogP contribution in [-0.2, 0) is 14.3 Å². The second-order valence-corrected chi connectivity index (χ2v) is 4.75. The number of esters is 1. The zero-order valence-electron chi connectivity index (χ0n) is 12.2. The van der Waals surface area contributed by atoms with Gasteiger partial charge in [0.05, 0.1) is 20.5 Å². The van der Waals surface area contributed by atoms with E-state index < -0.39 is 5.97 Å². The Balaban J connectivity index is 2.41. The summed E-state index contributed by atoms with van der Waals surface area (Å²) in [5.74, 6) is 0.559. The highest BCUT2D eigenvalue weighted by molar-refractivity contribution is 6.30. The number of halogens is 1. The first kappa shape index (κ1) is 15.9. The molecular weight excluding hydrogens is 304 g/mol. The van der Waals surface area contributed by atoms with Gasteiger partial charge in [-0.3, -0.25) is 0 Å². The van der Waals surface area contributed by atoms with Crippen LogP contribution in [0.5, 0.6) is 11.5 Å². The van der Waals surface area contributed by atoms with Crippen molar-refractivity contribution < 1.29 is 19.0 Å². The topological polar surface area (TPSA) is 44.8 Å². The summed E-state index contributed by atoms with van der Waals surface area (Å²) < 4.78 is 15.6. The maximum absolute atomic E-state index is 11.9. The number of para-hydroxylation sites is 1. The summed E-state index contributed by atoms with van der Waals surface area (Å²) in [6.45, 7) is 0. The summed E-state index contributed by atoms with van der Waals surface area (Å²) in [5, 5.41) is 0.565. The van der Waals surface area contributed by atoms with Crippen LogP contribution in [0, 0.1) is 0 Å². The second kappa shape index (κ2) is 7.52. The van der Waals surface area contributed by atoms with Crippen molar-refractivity contribution >= 4 is 23.1 Å². The third kappa shape index (κ3) is 3.80. The Morgan fingerprint density at radius 2 is 1.86 bits per heavy atom. The molecule has 5 heteroatoms. The lowest BCUT2D eigenvalue weighted by Crippen LogP contribution is -2.05. The van der Waals surface area contributed by atoms with Gasteiger partial charge in [0.1, 0.15) is 17.1 Å². The van der Waals surface area contributed by atoms with Crippen LogP contribution in [0.25, 0.3) is 5.57 Å². The van der Waals surface area contributed by atoms with Gasteiger partial charge in [-0.1, -0.05) is 35.9 Å². The first-order valence-electron chi connectivity index (χ1n) is 6.50. The highest BCUT2D eigenvalue weighted by Crippen LogP contribution is 2.31. The number of carbonyl (C=O) groups is 1. The molecule has 2 aromatic rings. The van der Waals surface area contributed by atoms with E-state index in [0.717, 1.165) is 0 Å². The van der Waals surface area contributed by atoms with Gasteiger partial charge in [0, 0.05) is 10.6 Å². The monoisotopic (exact) mass is 318 g/mol. The van der Waals surface area contributed by atoms with E-state index >= 15 is 0 Å². The van der Waals surface area contributed by atoms with Gasteiger partial charge in [-0.05, 0) is 24.3 Å². The lowest BCUT2D eigenvalue weighted by Gasteiger charge is -2.12. The molecule has 0 bridgehead atoms. The average Bonchev–Trinajstić information content (AvgIpc) is 2.53. The lowest BCUT2D eigenvalue weighted by molar-refractivity contribution is -0.133. The zero-order valence-corrected chi connectivity index (χ0v) is 13.0. The lowest BCUT2D eigenvalue weighted by atomic mass is 10.1. The number of hydrogen-bond acceptors (Lipinski definition) is 4. The third-order valence-electron chi connectivity index (χ3n) is 2.84. The first-order chi connectivity index (χ1) is 10.7. The van der Waals surface area contributed by atoms with Crippen LogP contribution >= 0.6 is 11.6 Å². The Morgan fingerprint density at radius 1 is 1.09 bits per heavy atom. The molecule has 0 aromatic heterocycles. The Labute approximate surface area is 133 Å². The molecule has 0 atom stereocenters. The third-order valence-corrected chi connectivity index (χ3v) is 3.08. The maximum Gasteiger partial charge on any atom is 0.341 e. The molecule has 0 N–H and O–H groups in total. The summed E-state index contributed by atoms with van der Waals surface area (Å²) in [6.07, 6.45) is 1.33. The van der Waals surface area contributed by atoms with E-state index in [1.165, 1.54) is 20.5 Å². The van der Waals surface area contributed by atoms with Crippen LogP contribution in [0.4, 0.5) is 0 Å². The van der Waals surface area contributed by atoms with E-state index in [9.17, 15) is 4.79 Å². The van der Waals surface area contributed by atoms with Gasteiger partial charge >= 0.3 is 5.97 Å². The quantitative estimate of drug-likeness (QED) is 0.468. The van der Waals surface area contributed by atoms with E-state index in [-0.39, 0.29) is 5.57 Å². The standard InChI is InChI=1S/C17H15ClO4/c1-20-11-15(17(19)21-2)14-8-3-4-9-16(14)22-13-7-5-6-12(18)10-13/h3-11H,1-2H3. The van der Waals surface area contributed by atoms with Crippen molar-refractivity contribution in [3.63, 3.8) is 0 Å². The average molecular weight is 319 g/mol. The Bertz CT molecular complexity index is 695. The normalized spacial score (nSPS) is 11.0. The number of hydrogen-bond donors (Lipinski definition) is 0. The van der Waals surface area contributed by atoms with Gasteiger partial charge in [0.2, 0.25) is 0 Å². The molecule has 2 rings (SSSR count). The van der Waals surface area contributed by atoms with Crippen molar-refractivity contribution in [2.75, 3.05) is 14.2 Å². The van der Waals surface area contributed by atoms with Crippen LogP contribution in [-0.4, -0.2) is 20.2 Å². The Morgan fingerprint density at radius 3 is 2.55 bits per heavy atom. The van der Waals surface area contributed by atoms with Gasteiger partial charge in [-0.2, -0.15) is 0 Å². The van der Waals surface area contributed by atoms with E-state index in [2.05, 4.69) is 0 Å². The summed E-state index contributed by atoms with van der Waals surface area (Å²) in [5.41, 5.74) is 0.832. The van der Waals surface area contributed by atoms with Crippen LogP contribution in [0.2, 0.25) is 5.02 Å². The van der Waals surface area contributed by atoms with E-state index in [1.54, 1.807) is 42.5 Å². The number of ether oxygens (including phenoxy) is 3. The molecule has 0 radical (unpaired) electrons. The molecule has 0 aliphatic rings. The van der Waals surface area contributed by atoms with Crippen LogP contribution in [0.3, 0.4) is 0 Å². The highest BCUT2D eigenvalue weighted by atomic mass is 35.5. The van der Waals surface area contributed by atoms with Crippen molar-refractivity contribution in [1.82, 2.24) is 0 Å². The molecular formula is C17H15ClO4. The molecule has 0 heterocycles. The predicted octanol–water partition coefficient (Wildman–Crippen LogP) is 4.29. The molecule has 4 nitrogen and oxygen atoms in total. The largest absolute Gasteiger partial charge is 0.503 e. The fraction of sp³-hybridized carbons (Fsp3) is 0.118.